The molecule has 6 nitrogen and oxygen atoms in total. The van der Waals surface area contributed by atoms with Crippen LogP contribution in [0.4, 0.5) is 11.4 Å². The van der Waals surface area contributed by atoms with Gasteiger partial charge in [0, 0.05) is 17.7 Å². The molecule has 0 spiro atoms. The number of hydrogen-bond acceptors (Lipinski definition) is 6. The van der Waals surface area contributed by atoms with Crippen molar-refractivity contribution in [2.75, 3.05) is 12.0 Å². The van der Waals surface area contributed by atoms with Gasteiger partial charge < -0.3 is 4.74 Å². The molecule has 0 unspecified atom stereocenters. The maximum atomic E-state index is 13.1. The normalized spacial score (nSPS) is 15.3. The maximum absolute atomic E-state index is 13.1. The van der Waals surface area contributed by atoms with Crippen molar-refractivity contribution in [3.63, 3.8) is 0 Å². The summed E-state index contributed by atoms with van der Waals surface area (Å²) in [7, 11) is 1.58. The number of benzene rings is 3. The molecule has 0 radical (unpaired) electrons. The van der Waals surface area contributed by atoms with Gasteiger partial charge in [-0.05, 0) is 29.0 Å². The number of hydrogen-bond donors (Lipinski definition) is 0. The Hall–Kier alpha value is -3.23. The average molecular weight is 422 g/mol. The zero-order chi connectivity index (χ0) is 20.5. The summed E-state index contributed by atoms with van der Waals surface area (Å²) in [5.74, 6) is 0.319. The molecule has 1 aliphatic heterocycles. The van der Waals surface area contributed by atoms with Crippen LogP contribution in [0, 0.1) is 10.1 Å². The molecule has 1 heterocycles. The van der Waals surface area contributed by atoms with Gasteiger partial charge in [-0.15, -0.1) is 0 Å². The van der Waals surface area contributed by atoms with Gasteiger partial charge >= 0.3 is 0 Å². The smallest absolute Gasteiger partial charge is 0.271 e. The van der Waals surface area contributed by atoms with Crippen molar-refractivity contribution in [1.29, 1.82) is 0 Å². The summed E-state index contributed by atoms with van der Waals surface area (Å²) in [5.41, 5.74) is 1.05. The minimum absolute atomic E-state index is 0.101. The van der Waals surface area contributed by atoms with Gasteiger partial charge in [0.1, 0.15) is 5.75 Å². The molecular formula is C21H14N2O4S2. The van der Waals surface area contributed by atoms with E-state index in [0.29, 0.717) is 20.7 Å². The van der Waals surface area contributed by atoms with Crippen molar-refractivity contribution in [3.05, 3.63) is 81.2 Å². The Morgan fingerprint density at radius 2 is 1.93 bits per heavy atom. The largest absolute Gasteiger partial charge is 0.496 e. The van der Waals surface area contributed by atoms with Gasteiger partial charge in [0.25, 0.3) is 11.6 Å². The van der Waals surface area contributed by atoms with Crippen molar-refractivity contribution in [1.82, 2.24) is 0 Å². The van der Waals surface area contributed by atoms with Crippen molar-refractivity contribution in [2.45, 2.75) is 0 Å². The number of amides is 1. The fourth-order valence-corrected chi connectivity index (χ4v) is 4.45. The number of thiocarbonyl (C=S) groups is 1. The first kappa shape index (κ1) is 19.1. The SMILES string of the molecule is COc1ccc2ccccc2c1/C=C1\SC(=S)N(c2cccc([N+](=O)[O-])c2)C1=O. The van der Waals surface area contributed by atoms with Gasteiger partial charge in [0.15, 0.2) is 4.32 Å². The van der Waals surface area contributed by atoms with Crippen LogP contribution >= 0.6 is 24.0 Å². The van der Waals surface area contributed by atoms with E-state index in [0.717, 1.165) is 28.1 Å². The Kier molecular flexibility index (Phi) is 5.04. The standard InChI is InChI=1S/C21H14N2O4S2/c1-27-18-10-9-13-5-2-3-8-16(13)17(18)12-19-20(24)22(21(28)29-19)14-6-4-7-15(11-14)23(25)26/h2-12H,1H3/b19-12-. The van der Waals surface area contributed by atoms with Crippen LogP contribution < -0.4 is 9.64 Å². The van der Waals surface area contributed by atoms with Gasteiger partial charge in [0.2, 0.25) is 0 Å². The Bertz CT molecular complexity index is 1210. The monoisotopic (exact) mass is 422 g/mol. The molecule has 1 aliphatic rings. The molecule has 0 atom stereocenters. The molecule has 0 aromatic heterocycles. The zero-order valence-electron chi connectivity index (χ0n) is 15.2. The highest BCUT2D eigenvalue weighted by atomic mass is 32.2. The number of methoxy groups -OCH3 is 1. The first-order valence-electron chi connectivity index (χ1n) is 8.58. The van der Waals surface area contributed by atoms with Gasteiger partial charge in [0.05, 0.1) is 22.6 Å². The summed E-state index contributed by atoms with van der Waals surface area (Å²) < 4.78 is 5.81. The molecule has 0 bridgehead atoms. The summed E-state index contributed by atoms with van der Waals surface area (Å²) >= 11 is 6.54. The topological polar surface area (TPSA) is 72.7 Å². The Labute approximate surface area is 175 Å². The Morgan fingerprint density at radius 1 is 1.14 bits per heavy atom. The minimum atomic E-state index is -0.502. The summed E-state index contributed by atoms with van der Waals surface area (Å²) in [4.78, 5) is 25.4. The predicted octanol–water partition coefficient (Wildman–Crippen LogP) is 5.16. The van der Waals surface area contributed by atoms with Crippen LogP contribution in [-0.4, -0.2) is 22.3 Å². The van der Waals surface area contributed by atoms with E-state index in [1.165, 1.54) is 23.1 Å². The molecular weight excluding hydrogens is 408 g/mol. The third kappa shape index (κ3) is 3.48. The predicted molar refractivity (Wildman–Crippen MR) is 119 cm³/mol. The van der Waals surface area contributed by atoms with Gasteiger partial charge in [-0.1, -0.05) is 60.4 Å². The number of nitrogens with zero attached hydrogens (tertiary/aromatic N) is 2. The number of ether oxygens (including phenoxy) is 1. The van der Waals surface area contributed by atoms with E-state index >= 15 is 0 Å². The van der Waals surface area contributed by atoms with E-state index in [1.54, 1.807) is 19.3 Å². The minimum Gasteiger partial charge on any atom is -0.496 e. The second-order valence-corrected chi connectivity index (χ2v) is 7.87. The second-order valence-electron chi connectivity index (χ2n) is 6.20. The molecule has 29 heavy (non-hydrogen) atoms. The van der Waals surface area contributed by atoms with Crippen LogP contribution in [0.3, 0.4) is 0 Å². The van der Waals surface area contributed by atoms with E-state index in [4.69, 9.17) is 17.0 Å². The molecule has 0 aliphatic carbocycles. The Morgan fingerprint density at radius 3 is 2.69 bits per heavy atom. The summed E-state index contributed by atoms with van der Waals surface area (Å²) in [5, 5.41) is 13.0. The van der Waals surface area contributed by atoms with Crippen LogP contribution in [0.15, 0.2) is 65.6 Å². The van der Waals surface area contributed by atoms with Crippen molar-refractivity contribution in [2.24, 2.45) is 0 Å². The lowest BCUT2D eigenvalue weighted by Crippen LogP contribution is -2.27. The zero-order valence-corrected chi connectivity index (χ0v) is 16.8. The quantitative estimate of drug-likeness (QED) is 0.250. The highest BCUT2D eigenvalue weighted by Crippen LogP contribution is 2.39. The molecule has 1 fully saturated rings. The molecule has 0 N–H and O–H groups in total. The number of rotatable bonds is 4. The van der Waals surface area contributed by atoms with E-state index in [9.17, 15) is 14.9 Å². The molecule has 4 rings (SSSR count). The van der Waals surface area contributed by atoms with E-state index in [2.05, 4.69) is 0 Å². The number of carbonyl (C=O) groups is 1. The molecule has 1 amide bonds. The second kappa shape index (κ2) is 7.65. The highest BCUT2D eigenvalue weighted by molar-refractivity contribution is 8.27. The van der Waals surface area contributed by atoms with Gasteiger partial charge in [-0.2, -0.15) is 0 Å². The highest BCUT2D eigenvalue weighted by Gasteiger charge is 2.34. The maximum Gasteiger partial charge on any atom is 0.271 e. The third-order valence-electron chi connectivity index (χ3n) is 4.52. The first-order chi connectivity index (χ1) is 14.0. The fourth-order valence-electron chi connectivity index (χ4n) is 3.17. The van der Waals surface area contributed by atoms with Crippen LogP contribution in [0.2, 0.25) is 0 Å². The summed E-state index contributed by atoms with van der Waals surface area (Å²) in [6.45, 7) is 0. The molecule has 1 saturated heterocycles. The van der Waals surface area contributed by atoms with Gasteiger partial charge in [-0.25, -0.2) is 0 Å². The number of nitro groups is 1. The number of nitro benzene ring substituents is 1. The van der Waals surface area contributed by atoms with E-state index in [1.807, 2.05) is 36.4 Å². The molecule has 3 aromatic carbocycles. The first-order valence-corrected chi connectivity index (χ1v) is 9.80. The lowest BCUT2D eigenvalue weighted by atomic mass is 10.0. The van der Waals surface area contributed by atoms with Crippen LogP contribution in [0.5, 0.6) is 5.75 Å². The Balaban J connectivity index is 1.79. The lowest BCUT2D eigenvalue weighted by Gasteiger charge is -2.14. The number of non-ortho nitro benzene ring substituents is 1. The molecule has 144 valence electrons. The molecule has 0 saturated carbocycles. The number of thioether (sulfide) groups is 1. The fraction of sp³-hybridized carbons (Fsp3) is 0.0476. The van der Waals surface area contributed by atoms with E-state index in [-0.39, 0.29) is 11.6 Å². The molecule has 3 aromatic rings. The number of anilines is 1. The van der Waals surface area contributed by atoms with Crippen LogP contribution in [-0.2, 0) is 4.79 Å². The molecule has 8 heteroatoms. The average Bonchev–Trinajstić information content (AvgIpc) is 3.01. The van der Waals surface area contributed by atoms with Crippen molar-refractivity contribution in [3.8, 4) is 5.75 Å². The van der Waals surface area contributed by atoms with Crippen LogP contribution in [0.25, 0.3) is 16.8 Å². The third-order valence-corrected chi connectivity index (χ3v) is 5.82. The van der Waals surface area contributed by atoms with Crippen molar-refractivity contribution >= 4 is 62.4 Å². The van der Waals surface area contributed by atoms with E-state index < -0.39 is 4.92 Å². The number of fused-ring (bicyclic) bond motifs is 1. The number of carbonyl (C=O) groups excluding carboxylic acids is 1. The van der Waals surface area contributed by atoms with Crippen molar-refractivity contribution < 1.29 is 14.5 Å². The summed E-state index contributed by atoms with van der Waals surface area (Å²) in [6, 6.07) is 17.5. The summed E-state index contributed by atoms with van der Waals surface area (Å²) in [6.07, 6.45) is 1.76. The van der Waals surface area contributed by atoms with Crippen LogP contribution in [0.1, 0.15) is 5.56 Å². The van der Waals surface area contributed by atoms with Gasteiger partial charge in [-0.3, -0.25) is 19.8 Å². The lowest BCUT2D eigenvalue weighted by molar-refractivity contribution is -0.384.